The maximum absolute atomic E-state index is 5.58. The zero-order chi connectivity index (χ0) is 21.7. The molecule has 0 bridgehead atoms. The quantitative estimate of drug-likeness (QED) is 0.526. The minimum atomic E-state index is 0.485. The molecule has 32 heavy (non-hydrogen) atoms. The van der Waals surface area contributed by atoms with Crippen molar-refractivity contribution < 1.29 is 4.74 Å². The van der Waals surface area contributed by atoms with Crippen LogP contribution in [-0.2, 0) is 4.74 Å². The summed E-state index contributed by atoms with van der Waals surface area (Å²) in [6, 6.07) is 7.43. The van der Waals surface area contributed by atoms with Crippen LogP contribution in [0.3, 0.4) is 0 Å². The first-order valence-electron chi connectivity index (χ1n) is 11.8. The van der Waals surface area contributed by atoms with Crippen molar-refractivity contribution in [3.05, 3.63) is 47.5 Å². The second-order valence-electron chi connectivity index (χ2n) is 9.44. The Balaban J connectivity index is 1.33. The van der Waals surface area contributed by atoms with Crippen molar-refractivity contribution in [3.63, 3.8) is 0 Å². The van der Waals surface area contributed by atoms with Crippen LogP contribution in [0.1, 0.15) is 48.4 Å². The van der Waals surface area contributed by atoms with E-state index < -0.39 is 0 Å². The van der Waals surface area contributed by atoms with Gasteiger partial charge >= 0.3 is 0 Å². The number of H-pyrrole nitrogens is 1. The molecule has 2 fully saturated rings. The summed E-state index contributed by atoms with van der Waals surface area (Å²) >= 11 is 0. The van der Waals surface area contributed by atoms with E-state index in [4.69, 9.17) is 9.84 Å². The van der Waals surface area contributed by atoms with Gasteiger partial charge in [-0.05, 0) is 81.0 Å². The van der Waals surface area contributed by atoms with Gasteiger partial charge in [0.2, 0.25) is 0 Å². The third-order valence-electron chi connectivity index (χ3n) is 7.35. The van der Waals surface area contributed by atoms with Crippen LogP contribution < -0.4 is 0 Å². The number of likely N-dealkylation sites (tertiary alicyclic amines) is 1. The fourth-order valence-electron chi connectivity index (χ4n) is 5.67. The number of fused-ring (bicyclic) bond motifs is 2. The Bertz CT molecular complexity index is 1270. The molecular formula is C25H30N6O. The van der Waals surface area contributed by atoms with Gasteiger partial charge in [-0.1, -0.05) is 0 Å². The molecule has 166 valence electrons. The predicted molar refractivity (Wildman–Crippen MR) is 125 cm³/mol. The molecule has 5 heterocycles. The molecule has 6 rings (SSSR count). The van der Waals surface area contributed by atoms with Crippen molar-refractivity contribution in [1.82, 2.24) is 29.7 Å². The van der Waals surface area contributed by atoms with Gasteiger partial charge in [-0.3, -0.25) is 10.00 Å². The third kappa shape index (κ3) is 3.40. The van der Waals surface area contributed by atoms with Crippen LogP contribution in [-0.4, -0.2) is 62.0 Å². The van der Waals surface area contributed by atoms with Crippen molar-refractivity contribution in [2.75, 3.05) is 26.3 Å². The number of hydrogen-bond acceptors (Lipinski definition) is 5. The lowest BCUT2D eigenvalue weighted by Gasteiger charge is -2.39. The standard InChI is InChI=1S/C25H30N6O/c1-16-11-22-23(12-21(16)19-10-17(2)25-26-15-27-31(25)14-19)28-29-24(22)18-4-3-7-30(13-18)20-5-8-32-9-6-20/h10-12,14-15,18,20H,3-9,13H2,1-2H3,(H,28,29). The molecule has 1 atom stereocenters. The first-order chi connectivity index (χ1) is 15.7. The number of pyridine rings is 1. The van der Waals surface area contributed by atoms with E-state index in [1.54, 1.807) is 6.33 Å². The van der Waals surface area contributed by atoms with Gasteiger partial charge in [-0.2, -0.15) is 10.2 Å². The van der Waals surface area contributed by atoms with E-state index in [1.165, 1.54) is 41.6 Å². The zero-order valence-electron chi connectivity index (χ0n) is 18.8. The highest BCUT2D eigenvalue weighted by Crippen LogP contribution is 2.35. The normalized spacial score (nSPS) is 21.0. The molecule has 1 unspecified atom stereocenters. The van der Waals surface area contributed by atoms with Crippen LogP contribution in [0.5, 0.6) is 0 Å². The number of nitrogens with one attached hydrogen (secondary N) is 1. The number of benzene rings is 1. The van der Waals surface area contributed by atoms with Crippen LogP contribution in [0.2, 0.25) is 0 Å². The van der Waals surface area contributed by atoms with E-state index in [2.05, 4.69) is 58.3 Å². The number of nitrogens with zero attached hydrogens (tertiary/aromatic N) is 5. The number of hydrogen-bond donors (Lipinski definition) is 1. The number of ether oxygens (including phenoxy) is 1. The number of rotatable bonds is 3. The second-order valence-corrected chi connectivity index (χ2v) is 9.44. The zero-order valence-corrected chi connectivity index (χ0v) is 18.8. The van der Waals surface area contributed by atoms with Crippen LogP contribution >= 0.6 is 0 Å². The van der Waals surface area contributed by atoms with Crippen LogP contribution in [0.25, 0.3) is 27.7 Å². The maximum Gasteiger partial charge on any atom is 0.158 e. The van der Waals surface area contributed by atoms with Crippen molar-refractivity contribution >= 4 is 16.6 Å². The van der Waals surface area contributed by atoms with Crippen molar-refractivity contribution in [2.24, 2.45) is 0 Å². The summed E-state index contributed by atoms with van der Waals surface area (Å²) < 4.78 is 7.44. The highest BCUT2D eigenvalue weighted by atomic mass is 16.5. The van der Waals surface area contributed by atoms with Crippen molar-refractivity contribution in [2.45, 2.75) is 51.5 Å². The van der Waals surface area contributed by atoms with Crippen molar-refractivity contribution in [3.8, 4) is 11.1 Å². The number of aromatic nitrogens is 5. The molecule has 0 aliphatic carbocycles. The van der Waals surface area contributed by atoms with Gasteiger partial charge in [0.1, 0.15) is 6.33 Å². The van der Waals surface area contributed by atoms with Gasteiger partial charge in [0.05, 0.1) is 11.2 Å². The molecule has 4 aromatic rings. The Morgan fingerprint density at radius 1 is 1.06 bits per heavy atom. The van der Waals surface area contributed by atoms with E-state index in [-0.39, 0.29) is 0 Å². The monoisotopic (exact) mass is 430 g/mol. The topological polar surface area (TPSA) is 71.3 Å². The minimum absolute atomic E-state index is 0.485. The molecular weight excluding hydrogens is 400 g/mol. The molecule has 7 heteroatoms. The molecule has 3 aromatic heterocycles. The predicted octanol–water partition coefficient (Wildman–Crippen LogP) is 4.25. The lowest BCUT2D eigenvalue weighted by Crippen LogP contribution is -2.44. The van der Waals surface area contributed by atoms with Crippen LogP contribution in [0.4, 0.5) is 0 Å². The van der Waals surface area contributed by atoms with E-state index in [1.807, 2.05) is 4.52 Å². The SMILES string of the molecule is Cc1cc2c(C3CCCN(C4CCOCC4)C3)n[nH]c2cc1-c1cc(C)c2ncnn2c1. The fourth-order valence-corrected chi connectivity index (χ4v) is 5.67. The van der Waals surface area contributed by atoms with Gasteiger partial charge < -0.3 is 4.74 Å². The van der Waals surface area contributed by atoms with E-state index in [9.17, 15) is 0 Å². The summed E-state index contributed by atoms with van der Waals surface area (Å²) in [6.45, 7) is 8.40. The van der Waals surface area contributed by atoms with Crippen LogP contribution in [0, 0.1) is 13.8 Å². The van der Waals surface area contributed by atoms with E-state index >= 15 is 0 Å². The molecule has 1 aromatic carbocycles. The average molecular weight is 431 g/mol. The minimum Gasteiger partial charge on any atom is -0.381 e. The Kier molecular flexibility index (Phi) is 4.96. The molecule has 2 saturated heterocycles. The highest BCUT2D eigenvalue weighted by Gasteiger charge is 2.30. The molecule has 2 aliphatic heterocycles. The van der Waals surface area contributed by atoms with E-state index in [0.29, 0.717) is 12.0 Å². The van der Waals surface area contributed by atoms with E-state index in [0.717, 1.165) is 54.9 Å². The molecule has 0 radical (unpaired) electrons. The summed E-state index contributed by atoms with van der Waals surface area (Å²) in [7, 11) is 0. The summed E-state index contributed by atoms with van der Waals surface area (Å²) in [5.41, 5.74) is 7.99. The molecule has 0 saturated carbocycles. The Morgan fingerprint density at radius 3 is 2.81 bits per heavy atom. The smallest absolute Gasteiger partial charge is 0.158 e. The molecule has 0 amide bonds. The molecule has 0 spiro atoms. The van der Waals surface area contributed by atoms with Gasteiger partial charge in [-0.15, -0.1) is 0 Å². The molecule has 7 nitrogen and oxygen atoms in total. The maximum atomic E-state index is 5.58. The third-order valence-corrected chi connectivity index (χ3v) is 7.35. The summed E-state index contributed by atoms with van der Waals surface area (Å²) in [6.07, 6.45) is 8.44. The van der Waals surface area contributed by atoms with Gasteiger partial charge in [0.15, 0.2) is 5.65 Å². The molecule has 2 aliphatic rings. The largest absolute Gasteiger partial charge is 0.381 e. The average Bonchev–Trinajstić information content (AvgIpc) is 3.46. The van der Waals surface area contributed by atoms with Gasteiger partial charge in [0.25, 0.3) is 0 Å². The second kappa shape index (κ2) is 7.98. The fraction of sp³-hybridized carbons (Fsp3) is 0.480. The Morgan fingerprint density at radius 2 is 1.94 bits per heavy atom. The highest BCUT2D eigenvalue weighted by molar-refractivity contribution is 5.88. The molecule has 1 N–H and O–H groups in total. The summed E-state index contributed by atoms with van der Waals surface area (Å²) in [5.74, 6) is 0.485. The number of aryl methyl sites for hydroxylation is 2. The lowest BCUT2D eigenvalue weighted by atomic mass is 9.89. The van der Waals surface area contributed by atoms with Gasteiger partial charge in [-0.25, -0.2) is 9.50 Å². The van der Waals surface area contributed by atoms with Crippen molar-refractivity contribution in [1.29, 1.82) is 0 Å². The van der Waals surface area contributed by atoms with Gasteiger partial charge in [0, 0.05) is 48.9 Å². The first kappa shape index (κ1) is 19.9. The Hall–Kier alpha value is -2.77. The Labute approximate surface area is 187 Å². The summed E-state index contributed by atoms with van der Waals surface area (Å²) in [5, 5.41) is 13.8. The number of piperidine rings is 1. The first-order valence-corrected chi connectivity index (χ1v) is 11.8. The lowest BCUT2D eigenvalue weighted by molar-refractivity contribution is 0.0238. The van der Waals surface area contributed by atoms with Crippen LogP contribution in [0.15, 0.2) is 30.7 Å². The summed E-state index contributed by atoms with van der Waals surface area (Å²) in [4.78, 5) is 7.03. The number of aromatic amines is 1.